The average Bonchev–Trinajstić information content (AvgIpc) is 3.09. The SMILES string of the molecule is CCC(C)n1c(C2CC2)nc2ccccc21. The number of aromatic nitrogens is 2. The van der Waals surface area contributed by atoms with Gasteiger partial charge in [-0.05, 0) is 38.3 Å². The lowest BCUT2D eigenvalue weighted by atomic mass is 10.2. The molecule has 2 aromatic rings. The number of fused-ring (bicyclic) bond motifs is 1. The Balaban J connectivity index is 2.22. The molecular formula is C14H18N2. The van der Waals surface area contributed by atoms with Crippen LogP contribution in [-0.2, 0) is 0 Å². The highest BCUT2D eigenvalue weighted by atomic mass is 15.1. The smallest absolute Gasteiger partial charge is 0.113 e. The summed E-state index contributed by atoms with van der Waals surface area (Å²) in [6.45, 7) is 4.54. The second kappa shape index (κ2) is 3.62. The number of rotatable bonds is 3. The van der Waals surface area contributed by atoms with Crippen LogP contribution in [-0.4, -0.2) is 9.55 Å². The van der Waals surface area contributed by atoms with Crippen molar-refractivity contribution in [3.8, 4) is 0 Å². The van der Waals surface area contributed by atoms with E-state index < -0.39 is 0 Å². The quantitative estimate of drug-likeness (QED) is 0.758. The predicted octanol–water partition coefficient (Wildman–Crippen LogP) is 3.88. The maximum atomic E-state index is 4.81. The van der Waals surface area contributed by atoms with Gasteiger partial charge in [-0.25, -0.2) is 4.98 Å². The normalized spacial score (nSPS) is 17.9. The summed E-state index contributed by atoms with van der Waals surface area (Å²) >= 11 is 0. The van der Waals surface area contributed by atoms with Gasteiger partial charge in [0.25, 0.3) is 0 Å². The van der Waals surface area contributed by atoms with E-state index in [1.54, 1.807) is 0 Å². The monoisotopic (exact) mass is 214 g/mol. The molecule has 16 heavy (non-hydrogen) atoms. The number of para-hydroxylation sites is 2. The van der Waals surface area contributed by atoms with E-state index in [9.17, 15) is 0 Å². The summed E-state index contributed by atoms with van der Waals surface area (Å²) in [5.74, 6) is 2.04. The molecule has 84 valence electrons. The molecule has 1 atom stereocenters. The molecule has 0 spiro atoms. The number of nitrogens with zero attached hydrogens (tertiary/aromatic N) is 2. The lowest BCUT2D eigenvalue weighted by molar-refractivity contribution is 0.522. The summed E-state index contributed by atoms with van der Waals surface area (Å²) in [6.07, 6.45) is 3.81. The van der Waals surface area contributed by atoms with Crippen molar-refractivity contribution in [3.05, 3.63) is 30.1 Å². The minimum Gasteiger partial charge on any atom is -0.325 e. The van der Waals surface area contributed by atoms with E-state index in [2.05, 4.69) is 42.7 Å². The van der Waals surface area contributed by atoms with Crippen LogP contribution in [0.25, 0.3) is 11.0 Å². The Bertz CT molecular complexity index is 508. The third kappa shape index (κ3) is 1.44. The summed E-state index contributed by atoms with van der Waals surface area (Å²) in [6, 6.07) is 9.07. The van der Waals surface area contributed by atoms with E-state index in [4.69, 9.17) is 4.98 Å². The molecular weight excluding hydrogens is 196 g/mol. The molecule has 2 nitrogen and oxygen atoms in total. The van der Waals surface area contributed by atoms with Crippen molar-refractivity contribution in [2.45, 2.75) is 45.1 Å². The summed E-state index contributed by atoms with van der Waals surface area (Å²) in [7, 11) is 0. The van der Waals surface area contributed by atoms with Crippen LogP contribution in [0.15, 0.2) is 24.3 Å². The van der Waals surface area contributed by atoms with Crippen molar-refractivity contribution in [1.29, 1.82) is 0 Å². The van der Waals surface area contributed by atoms with E-state index in [0.29, 0.717) is 6.04 Å². The van der Waals surface area contributed by atoms with Gasteiger partial charge in [-0.2, -0.15) is 0 Å². The first-order chi connectivity index (χ1) is 7.81. The highest BCUT2D eigenvalue weighted by molar-refractivity contribution is 5.76. The molecule has 1 aromatic carbocycles. The molecule has 1 saturated carbocycles. The van der Waals surface area contributed by atoms with Gasteiger partial charge in [-0.15, -0.1) is 0 Å². The van der Waals surface area contributed by atoms with Gasteiger partial charge in [0.05, 0.1) is 11.0 Å². The van der Waals surface area contributed by atoms with Crippen molar-refractivity contribution in [2.24, 2.45) is 0 Å². The molecule has 0 amide bonds. The zero-order chi connectivity index (χ0) is 11.1. The molecule has 1 aromatic heterocycles. The predicted molar refractivity (Wildman–Crippen MR) is 66.7 cm³/mol. The Morgan fingerprint density at radius 3 is 2.81 bits per heavy atom. The fourth-order valence-corrected chi connectivity index (χ4v) is 2.34. The molecule has 0 radical (unpaired) electrons. The van der Waals surface area contributed by atoms with Gasteiger partial charge in [0.2, 0.25) is 0 Å². The van der Waals surface area contributed by atoms with Crippen molar-refractivity contribution in [2.75, 3.05) is 0 Å². The van der Waals surface area contributed by atoms with Gasteiger partial charge >= 0.3 is 0 Å². The molecule has 1 unspecified atom stereocenters. The van der Waals surface area contributed by atoms with Crippen LogP contribution in [0.5, 0.6) is 0 Å². The van der Waals surface area contributed by atoms with Crippen molar-refractivity contribution in [3.63, 3.8) is 0 Å². The Morgan fingerprint density at radius 1 is 1.38 bits per heavy atom. The Hall–Kier alpha value is -1.31. The molecule has 1 aliphatic rings. The molecule has 2 heteroatoms. The Morgan fingerprint density at radius 2 is 2.12 bits per heavy atom. The maximum Gasteiger partial charge on any atom is 0.113 e. The lowest BCUT2D eigenvalue weighted by Gasteiger charge is -2.15. The molecule has 0 N–H and O–H groups in total. The van der Waals surface area contributed by atoms with E-state index >= 15 is 0 Å². The second-order valence-electron chi connectivity index (χ2n) is 4.86. The molecule has 0 bridgehead atoms. The zero-order valence-electron chi connectivity index (χ0n) is 9.98. The fraction of sp³-hybridized carbons (Fsp3) is 0.500. The van der Waals surface area contributed by atoms with Crippen molar-refractivity contribution >= 4 is 11.0 Å². The Labute approximate surface area is 96.3 Å². The van der Waals surface area contributed by atoms with Gasteiger partial charge in [-0.3, -0.25) is 0 Å². The van der Waals surface area contributed by atoms with Gasteiger partial charge < -0.3 is 4.57 Å². The van der Waals surface area contributed by atoms with Gasteiger partial charge in [0.1, 0.15) is 5.82 Å². The summed E-state index contributed by atoms with van der Waals surface area (Å²) in [5, 5.41) is 0. The largest absolute Gasteiger partial charge is 0.325 e. The first-order valence-corrected chi connectivity index (χ1v) is 6.28. The van der Waals surface area contributed by atoms with Gasteiger partial charge in [-0.1, -0.05) is 19.1 Å². The summed E-state index contributed by atoms with van der Waals surface area (Å²) in [5.41, 5.74) is 2.46. The van der Waals surface area contributed by atoms with Crippen LogP contribution < -0.4 is 0 Å². The van der Waals surface area contributed by atoms with Crippen molar-refractivity contribution in [1.82, 2.24) is 9.55 Å². The molecule has 0 aliphatic heterocycles. The third-order valence-electron chi connectivity index (χ3n) is 3.60. The molecule has 1 fully saturated rings. The highest BCUT2D eigenvalue weighted by Crippen LogP contribution is 2.42. The molecule has 1 aliphatic carbocycles. The first kappa shape index (κ1) is 9.88. The minimum absolute atomic E-state index is 0.558. The maximum absolute atomic E-state index is 4.81. The van der Waals surface area contributed by atoms with Crippen molar-refractivity contribution < 1.29 is 0 Å². The molecule has 3 rings (SSSR count). The minimum atomic E-state index is 0.558. The zero-order valence-corrected chi connectivity index (χ0v) is 9.98. The van der Waals surface area contributed by atoms with Crippen LogP contribution in [0.1, 0.15) is 50.9 Å². The second-order valence-corrected chi connectivity index (χ2v) is 4.86. The summed E-state index contributed by atoms with van der Waals surface area (Å²) < 4.78 is 2.45. The summed E-state index contributed by atoms with van der Waals surface area (Å²) in [4.78, 5) is 4.81. The van der Waals surface area contributed by atoms with Crippen LogP contribution in [0.4, 0.5) is 0 Å². The first-order valence-electron chi connectivity index (χ1n) is 6.28. The fourth-order valence-electron chi connectivity index (χ4n) is 2.34. The van der Waals surface area contributed by atoms with Crippen LogP contribution in [0.3, 0.4) is 0 Å². The highest BCUT2D eigenvalue weighted by Gasteiger charge is 2.30. The average molecular weight is 214 g/mol. The topological polar surface area (TPSA) is 17.8 Å². The number of imidazole rings is 1. The van der Waals surface area contributed by atoms with E-state index in [0.717, 1.165) is 11.4 Å². The van der Waals surface area contributed by atoms with E-state index in [-0.39, 0.29) is 0 Å². The van der Waals surface area contributed by atoms with Gasteiger partial charge in [0.15, 0.2) is 0 Å². The number of hydrogen-bond acceptors (Lipinski definition) is 1. The van der Waals surface area contributed by atoms with Crippen LogP contribution in [0.2, 0.25) is 0 Å². The number of benzene rings is 1. The molecule has 0 saturated heterocycles. The van der Waals surface area contributed by atoms with Crippen LogP contribution in [0, 0.1) is 0 Å². The number of hydrogen-bond donors (Lipinski definition) is 0. The standard InChI is InChI=1S/C14H18N2/c1-3-10(2)16-13-7-5-4-6-12(13)15-14(16)11-8-9-11/h4-7,10-11H,3,8-9H2,1-2H3. The molecule has 1 heterocycles. The third-order valence-corrected chi connectivity index (χ3v) is 3.60. The van der Waals surface area contributed by atoms with E-state index in [1.807, 2.05) is 0 Å². The van der Waals surface area contributed by atoms with Gasteiger partial charge in [0, 0.05) is 12.0 Å². The lowest BCUT2D eigenvalue weighted by Crippen LogP contribution is -2.07. The van der Waals surface area contributed by atoms with E-state index in [1.165, 1.54) is 30.6 Å². The Kier molecular flexibility index (Phi) is 2.23. The van der Waals surface area contributed by atoms with Crippen LogP contribution >= 0.6 is 0 Å².